The summed E-state index contributed by atoms with van der Waals surface area (Å²) in [5.74, 6) is -4.28. The normalized spacial score (nSPS) is 16.8. The van der Waals surface area contributed by atoms with Crippen molar-refractivity contribution >= 4 is 52.8 Å². The van der Waals surface area contributed by atoms with Gasteiger partial charge in [-0.2, -0.15) is 4.31 Å². The number of rotatable bonds is 10. The van der Waals surface area contributed by atoms with Crippen LogP contribution in [-0.4, -0.2) is 81.6 Å². The smallest absolute Gasteiger partial charge is 0.419 e. The zero-order valence-electron chi connectivity index (χ0n) is 29.0. The number of ether oxygens (including phenoxy) is 3. The van der Waals surface area contributed by atoms with Crippen molar-refractivity contribution in [2.24, 2.45) is 5.92 Å². The highest BCUT2D eigenvalue weighted by Gasteiger charge is 2.45. The minimum absolute atomic E-state index is 0.0281. The van der Waals surface area contributed by atoms with Crippen LogP contribution in [0.25, 0.3) is 10.9 Å². The Kier molecular flexibility index (Phi) is 11.1. The molecule has 0 radical (unpaired) electrons. The molecule has 0 bridgehead atoms. The van der Waals surface area contributed by atoms with Gasteiger partial charge in [-0.25, -0.2) is 17.8 Å². The summed E-state index contributed by atoms with van der Waals surface area (Å²) in [5.41, 5.74) is 0.787. The van der Waals surface area contributed by atoms with E-state index in [1.54, 1.807) is 57.2 Å². The number of aryl methyl sites for hydroxylation is 1. The van der Waals surface area contributed by atoms with Crippen LogP contribution in [0.15, 0.2) is 53.4 Å². The lowest BCUT2D eigenvalue weighted by molar-refractivity contribution is -0.147. The van der Waals surface area contributed by atoms with Crippen LogP contribution >= 0.6 is 0 Å². The quantitative estimate of drug-likeness (QED) is 0.148. The lowest BCUT2D eigenvalue weighted by Gasteiger charge is -2.34. The van der Waals surface area contributed by atoms with Crippen LogP contribution in [0.5, 0.6) is 0 Å². The molecule has 0 aliphatic carbocycles. The van der Waals surface area contributed by atoms with E-state index in [0.29, 0.717) is 16.5 Å². The maximum atomic E-state index is 13.9. The molecule has 4 rings (SSSR count). The van der Waals surface area contributed by atoms with Crippen LogP contribution in [0, 0.1) is 12.8 Å². The highest BCUT2D eigenvalue weighted by molar-refractivity contribution is 7.89. The Balaban J connectivity index is 1.82. The predicted molar refractivity (Wildman–Crippen MR) is 184 cm³/mol. The van der Waals surface area contributed by atoms with Crippen molar-refractivity contribution in [3.63, 3.8) is 0 Å². The van der Waals surface area contributed by atoms with Gasteiger partial charge in [-0.05, 0) is 63.9 Å². The van der Waals surface area contributed by atoms with Gasteiger partial charge in [-0.3, -0.25) is 14.4 Å². The third kappa shape index (κ3) is 8.42. The molecule has 3 aromatic rings. The second kappa shape index (κ2) is 14.3. The fraction of sp³-hybridized carbons (Fsp3) is 0.486. The summed E-state index contributed by atoms with van der Waals surface area (Å²) in [4.78, 5) is 55.0. The number of esters is 2. The molecule has 260 valence electrons. The third-order valence-corrected chi connectivity index (χ3v) is 11.8. The molecule has 1 fully saturated rings. The van der Waals surface area contributed by atoms with Crippen molar-refractivity contribution in [1.29, 1.82) is 0 Å². The SMILES string of the molecule is COC(=O)C(c1c(CC(=O)OCC[Si](C)(C)C)c2ccccc2n1C(=O)OC(C)(C)C)C1CCN(S(=O)(=O)c2ccc(C)cc2)CC1=O. The summed E-state index contributed by atoms with van der Waals surface area (Å²) < 4.78 is 45.9. The fourth-order valence-electron chi connectivity index (χ4n) is 5.83. The van der Waals surface area contributed by atoms with E-state index in [2.05, 4.69) is 19.6 Å². The number of nitrogens with zero attached hydrogens (tertiary/aromatic N) is 2. The van der Waals surface area contributed by atoms with Crippen LogP contribution in [0.4, 0.5) is 4.79 Å². The Hall–Kier alpha value is -3.81. The van der Waals surface area contributed by atoms with E-state index in [0.717, 1.165) is 15.9 Å². The Labute approximate surface area is 283 Å². The van der Waals surface area contributed by atoms with Crippen LogP contribution in [0.3, 0.4) is 0 Å². The Morgan fingerprint density at radius 1 is 1.02 bits per heavy atom. The lowest BCUT2D eigenvalue weighted by Crippen LogP contribution is -2.47. The number of hydrogen-bond acceptors (Lipinski definition) is 9. The van der Waals surface area contributed by atoms with Gasteiger partial charge in [0.25, 0.3) is 0 Å². The first-order valence-corrected chi connectivity index (χ1v) is 21.2. The first kappa shape index (κ1) is 37.0. The van der Waals surface area contributed by atoms with Gasteiger partial charge >= 0.3 is 18.0 Å². The number of aromatic nitrogens is 1. The third-order valence-electron chi connectivity index (χ3n) is 8.28. The molecule has 1 saturated heterocycles. The molecule has 0 N–H and O–H groups in total. The van der Waals surface area contributed by atoms with Crippen LogP contribution in [0.2, 0.25) is 25.7 Å². The number of hydrogen-bond donors (Lipinski definition) is 0. The van der Waals surface area contributed by atoms with Gasteiger partial charge in [0.05, 0.1) is 37.1 Å². The van der Waals surface area contributed by atoms with Crippen molar-refractivity contribution < 1.29 is 41.8 Å². The number of ketones is 1. The molecule has 11 nitrogen and oxygen atoms in total. The van der Waals surface area contributed by atoms with Crippen molar-refractivity contribution in [3.8, 4) is 0 Å². The summed E-state index contributed by atoms with van der Waals surface area (Å²) in [6.45, 7) is 13.2. The minimum atomic E-state index is -4.00. The monoisotopic (exact) mass is 698 g/mol. The molecule has 0 saturated carbocycles. The fourth-order valence-corrected chi connectivity index (χ4v) is 7.97. The van der Waals surface area contributed by atoms with Gasteiger partial charge in [-0.1, -0.05) is 55.5 Å². The summed E-state index contributed by atoms with van der Waals surface area (Å²) >= 11 is 0. The highest BCUT2D eigenvalue weighted by Crippen LogP contribution is 2.40. The van der Waals surface area contributed by atoms with Gasteiger partial charge < -0.3 is 14.2 Å². The van der Waals surface area contributed by atoms with E-state index in [1.165, 1.54) is 23.8 Å². The topological polar surface area (TPSA) is 138 Å². The number of fused-ring (bicyclic) bond motifs is 1. The molecule has 1 aliphatic heterocycles. The average Bonchev–Trinajstić information content (AvgIpc) is 3.30. The first-order chi connectivity index (χ1) is 22.3. The molecule has 2 unspecified atom stereocenters. The van der Waals surface area contributed by atoms with E-state index in [-0.39, 0.29) is 36.6 Å². The molecular weight excluding hydrogens is 653 g/mol. The van der Waals surface area contributed by atoms with Gasteiger partial charge in [0.15, 0.2) is 5.78 Å². The molecule has 0 spiro atoms. The standard InChI is InChI=1S/C35H46N2O9SSi/c1-23-13-15-24(16-14-23)47(42,43)36-18-17-26(29(38)22-36)31(33(40)44-5)32-27(21-30(39)45-19-20-48(6,7)8)25-11-9-10-12-28(25)37(32)34(41)46-35(2,3)4/h9-16,26,31H,17-22H2,1-8H3. The molecule has 1 aliphatic rings. The second-order valence-corrected chi connectivity index (χ2v) is 22.0. The van der Waals surface area contributed by atoms with E-state index < -0.39 is 65.9 Å². The Morgan fingerprint density at radius 2 is 1.67 bits per heavy atom. The van der Waals surface area contributed by atoms with Crippen molar-refractivity contribution in [2.45, 2.75) is 82.6 Å². The Bertz CT molecular complexity index is 1800. The number of sulfonamides is 1. The zero-order valence-corrected chi connectivity index (χ0v) is 30.8. The Morgan fingerprint density at radius 3 is 2.25 bits per heavy atom. The molecule has 1 aromatic heterocycles. The van der Waals surface area contributed by atoms with E-state index >= 15 is 0 Å². The van der Waals surface area contributed by atoms with Gasteiger partial charge in [0, 0.05) is 31.6 Å². The summed E-state index contributed by atoms with van der Waals surface area (Å²) in [5, 5.41) is 0.515. The van der Waals surface area contributed by atoms with E-state index in [4.69, 9.17) is 14.2 Å². The molecule has 0 amide bonds. The lowest BCUT2D eigenvalue weighted by atomic mass is 9.80. The van der Waals surface area contributed by atoms with Crippen LogP contribution in [-0.2, 0) is 45.0 Å². The van der Waals surface area contributed by atoms with Crippen LogP contribution in [0.1, 0.15) is 49.9 Å². The first-order valence-electron chi connectivity index (χ1n) is 16.0. The number of piperidine rings is 1. The second-order valence-electron chi connectivity index (χ2n) is 14.4. The predicted octanol–water partition coefficient (Wildman–Crippen LogP) is 5.69. The number of carbonyl (C=O) groups excluding carboxylic acids is 4. The van der Waals surface area contributed by atoms with Gasteiger partial charge in [-0.15, -0.1) is 0 Å². The summed E-state index contributed by atoms with van der Waals surface area (Å²) in [6, 6.07) is 14.0. The minimum Gasteiger partial charge on any atom is -0.468 e. The maximum absolute atomic E-state index is 13.9. The zero-order chi connectivity index (χ0) is 35.6. The molecule has 13 heteroatoms. The number of methoxy groups -OCH3 is 1. The average molecular weight is 699 g/mol. The number of benzene rings is 2. The molecule has 2 heterocycles. The van der Waals surface area contributed by atoms with Gasteiger partial charge in [0.2, 0.25) is 10.0 Å². The van der Waals surface area contributed by atoms with Gasteiger partial charge in [0.1, 0.15) is 11.5 Å². The molecule has 2 aromatic carbocycles. The summed E-state index contributed by atoms with van der Waals surface area (Å²) in [7, 11) is -4.32. The van der Waals surface area contributed by atoms with E-state index in [1.807, 2.05) is 6.92 Å². The largest absolute Gasteiger partial charge is 0.468 e. The molecule has 48 heavy (non-hydrogen) atoms. The van der Waals surface area contributed by atoms with Crippen molar-refractivity contribution in [1.82, 2.24) is 8.87 Å². The van der Waals surface area contributed by atoms with Crippen molar-refractivity contribution in [3.05, 3.63) is 65.4 Å². The van der Waals surface area contributed by atoms with E-state index in [9.17, 15) is 27.6 Å². The molecular formula is C35H46N2O9SSi. The van der Waals surface area contributed by atoms with Crippen molar-refractivity contribution in [2.75, 3.05) is 26.8 Å². The number of Topliss-reactive ketones (excluding diaryl/α,β-unsaturated/α-hetero) is 1. The number of carbonyl (C=O) groups is 4. The maximum Gasteiger partial charge on any atom is 0.419 e. The highest BCUT2D eigenvalue weighted by atomic mass is 32.2. The number of para-hydroxylation sites is 1. The van der Waals surface area contributed by atoms with Crippen LogP contribution < -0.4 is 0 Å². The molecule has 2 atom stereocenters. The summed E-state index contributed by atoms with van der Waals surface area (Å²) in [6.07, 6.45) is -1.10.